The number of aromatic nitrogens is 4. The molecular formula is C21H15F3N4O4. The number of carbonyl (C=O) groups is 1. The summed E-state index contributed by atoms with van der Waals surface area (Å²) in [5.74, 6) is 0.0482. The summed E-state index contributed by atoms with van der Waals surface area (Å²) in [6, 6.07) is 13.7. The van der Waals surface area contributed by atoms with Crippen molar-refractivity contribution >= 4 is 5.97 Å². The zero-order valence-electron chi connectivity index (χ0n) is 16.4. The first-order chi connectivity index (χ1) is 15.4. The summed E-state index contributed by atoms with van der Waals surface area (Å²) in [4.78, 5) is 20.2. The van der Waals surface area contributed by atoms with E-state index in [9.17, 15) is 18.0 Å². The number of nitrogens with zero attached hydrogens (tertiary/aromatic N) is 4. The third kappa shape index (κ3) is 5.17. The van der Waals surface area contributed by atoms with Gasteiger partial charge in [-0.1, -0.05) is 52.8 Å². The minimum absolute atomic E-state index is 0.0228. The number of aryl methyl sites for hydroxylation is 1. The van der Waals surface area contributed by atoms with Gasteiger partial charge < -0.3 is 13.8 Å². The first-order valence-electron chi connectivity index (χ1n) is 9.42. The molecule has 2 heterocycles. The number of rotatable bonds is 7. The molecule has 164 valence electrons. The van der Waals surface area contributed by atoms with Gasteiger partial charge in [-0.15, -0.1) is 0 Å². The molecule has 0 aliphatic heterocycles. The van der Waals surface area contributed by atoms with E-state index in [1.807, 2.05) is 30.3 Å². The lowest BCUT2D eigenvalue weighted by molar-refractivity contribution is -0.145. The van der Waals surface area contributed by atoms with E-state index in [4.69, 9.17) is 13.8 Å². The molecule has 2 aromatic heterocycles. The van der Waals surface area contributed by atoms with Crippen molar-refractivity contribution in [3.63, 3.8) is 0 Å². The van der Waals surface area contributed by atoms with Crippen LogP contribution in [0.15, 0.2) is 63.6 Å². The van der Waals surface area contributed by atoms with Crippen LogP contribution in [0.1, 0.15) is 23.8 Å². The highest BCUT2D eigenvalue weighted by molar-refractivity contribution is 5.69. The van der Waals surface area contributed by atoms with E-state index in [-0.39, 0.29) is 42.6 Å². The molecule has 32 heavy (non-hydrogen) atoms. The third-order valence-corrected chi connectivity index (χ3v) is 4.32. The lowest BCUT2D eigenvalue weighted by atomic mass is 10.1. The van der Waals surface area contributed by atoms with Crippen LogP contribution in [0.2, 0.25) is 0 Å². The molecule has 0 spiro atoms. The predicted molar refractivity (Wildman–Crippen MR) is 103 cm³/mol. The molecule has 0 radical (unpaired) electrons. The van der Waals surface area contributed by atoms with Gasteiger partial charge in [-0.25, -0.2) is 0 Å². The van der Waals surface area contributed by atoms with Crippen molar-refractivity contribution in [2.24, 2.45) is 0 Å². The summed E-state index contributed by atoms with van der Waals surface area (Å²) < 4.78 is 53.7. The van der Waals surface area contributed by atoms with Crippen LogP contribution >= 0.6 is 0 Å². The number of carbonyl (C=O) groups excluding carboxylic acids is 1. The molecular weight excluding hydrogens is 429 g/mol. The van der Waals surface area contributed by atoms with E-state index >= 15 is 0 Å². The smallest absolute Gasteiger partial charge is 0.416 e. The summed E-state index contributed by atoms with van der Waals surface area (Å²) >= 11 is 0. The predicted octanol–water partition coefficient (Wildman–Crippen LogP) is 4.48. The molecule has 4 rings (SSSR count). The third-order valence-electron chi connectivity index (χ3n) is 4.32. The minimum atomic E-state index is -4.49. The van der Waals surface area contributed by atoms with Crippen LogP contribution in [-0.4, -0.2) is 26.3 Å². The molecule has 0 saturated heterocycles. The van der Waals surface area contributed by atoms with Crippen molar-refractivity contribution in [2.75, 3.05) is 0 Å². The van der Waals surface area contributed by atoms with Gasteiger partial charge in [0, 0.05) is 17.5 Å². The maximum atomic E-state index is 12.8. The van der Waals surface area contributed by atoms with Gasteiger partial charge in [-0.2, -0.15) is 23.1 Å². The number of ether oxygens (including phenoxy) is 1. The average Bonchev–Trinajstić information content (AvgIpc) is 3.46. The maximum Gasteiger partial charge on any atom is 0.416 e. The van der Waals surface area contributed by atoms with Crippen LogP contribution in [-0.2, 0) is 28.7 Å². The fraction of sp³-hybridized carbons (Fsp3) is 0.190. The number of esters is 1. The molecule has 0 aliphatic rings. The van der Waals surface area contributed by atoms with Gasteiger partial charge in [0.1, 0.15) is 0 Å². The Labute approximate surface area is 179 Å². The Morgan fingerprint density at radius 2 is 1.53 bits per heavy atom. The highest BCUT2D eigenvalue weighted by Gasteiger charge is 2.30. The van der Waals surface area contributed by atoms with Crippen molar-refractivity contribution in [3.05, 3.63) is 71.9 Å². The van der Waals surface area contributed by atoms with Gasteiger partial charge in [0.05, 0.1) is 12.0 Å². The second-order valence-electron chi connectivity index (χ2n) is 6.63. The molecule has 4 aromatic rings. The zero-order valence-corrected chi connectivity index (χ0v) is 16.4. The first-order valence-corrected chi connectivity index (χ1v) is 9.42. The molecule has 0 aliphatic carbocycles. The zero-order chi connectivity index (χ0) is 22.6. The van der Waals surface area contributed by atoms with Gasteiger partial charge in [0.25, 0.3) is 5.89 Å². The van der Waals surface area contributed by atoms with Crippen molar-refractivity contribution in [3.8, 4) is 22.8 Å². The second kappa shape index (κ2) is 9.00. The SMILES string of the molecule is O=C(CCc1nc(-c2ccccc2)no1)OCc1nc(-c2cccc(C(F)(F)F)c2)no1. The largest absolute Gasteiger partial charge is 0.456 e. The lowest BCUT2D eigenvalue weighted by Gasteiger charge is -2.06. The number of benzene rings is 2. The summed E-state index contributed by atoms with van der Waals surface area (Å²) in [5, 5.41) is 7.50. The summed E-state index contributed by atoms with van der Waals surface area (Å²) in [7, 11) is 0. The van der Waals surface area contributed by atoms with Crippen molar-refractivity contribution < 1.29 is 31.7 Å². The number of hydrogen-bond acceptors (Lipinski definition) is 8. The Balaban J connectivity index is 1.29. The number of hydrogen-bond donors (Lipinski definition) is 0. The molecule has 0 fully saturated rings. The lowest BCUT2D eigenvalue weighted by Crippen LogP contribution is -2.06. The van der Waals surface area contributed by atoms with Crippen molar-refractivity contribution in [1.82, 2.24) is 20.3 Å². The van der Waals surface area contributed by atoms with Gasteiger partial charge in [0.15, 0.2) is 6.61 Å². The second-order valence-corrected chi connectivity index (χ2v) is 6.63. The molecule has 0 saturated carbocycles. The van der Waals surface area contributed by atoms with Gasteiger partial charge in [-0.05, 0) is 12.1 Å². The van der Waals surface area contributed by atoms with Crippen molar-refractivity contribution in [2.45, 2.75) is 25.6 Å². The molecule has 2 aromatic carbocycles. The number of halogens is 3. The highest BCUT2D eigenvalue weighted by Crippen LogP contribution is 2.31. The van der Waals surface area contributed by atoms with E-state index in [0.29, 0.717) is 5.82 Å². The highest BCUT2D eigenvalue weighted by atomic mass is 19.4. The molecule has 0 N–H and O–H groups in total. The maximum absolute atomic E-state index is 12.8. The molecule has 0 amide bonds. The van der Waals surface area contributed by atoms with Crippen LogP contribution in [0.3, 0.4) is 0 Å². The minimum Gasteiger partial charge on any atom is -0.456 e. The fourth-order valence-corrected chi connectivity index (χ4v) is 2.75. The molecule has 11 heteroatoms. The van der Waals surface area contributed by atoms with E-state index in [2.05, 4.69) is 20.3 Å². The van der Waals surface area contributed by atoms with Gasteiger partial charge in [-0.3, -0.25) is 4.79 Å². The van der Waals surface area contributed by atoms with Crippen LogP contribution in [0.5, 0.6) is 0 Å². The Morgan fingerprint density at radius 3 is 2.28 bits per heavy atom. The number of alkyl halides is 3. The van der Waals surface area contributed by atoms with Gasteiger partial charge in [0.2, 0.25) is 17.5 Å². The Kier molecular flexibility index (Phi) is 5.97. The normalized spacial score (nSPS) is 11.5. The van der Waals surface area contributed by atoms with E-state index in [1.165, 1.54) is 12.1 Å². The summed E-state index contributed by atoms with van der Waals surface area (Å²) in [6.07, 6.45) is -4.33. The van der Waals surface area contributed by atoms with Crippen molar-refractivity contribution in [1.29, 1.82) is 0 Å². The molecule has 8 nitrogen and oxygen atoms in total. The Bertz CT molecular complexity index is 1200. The van der Waals surface area contributed by atoms with Gasteiger partial charge >= 0.3 is 12.1 Å². The van der Waals surface area contributed by atoms with Crippen LogP contribution < -0.4 is 0 Å². The Hall–Kier alpha value is -4.02. The molecule has 0 atom stereocenters. The average molecular weight is 444 g/mol. The fourth-order valence-electron chi connectivity index (χ4n) is 2.75. The first kappa shape index (κ1) is 21.2. The summed E-state index contributed by atoms with van der Waals surface area (Å²) in [5.41, 5.74) is 0.0917. The molecule has 0 bridgehead atoms. The standard InChI is InChI=1S/C21H15F3N4O4/c22-21(23,24)15-8-4-7-14(11-15)20-26-17(32-28-20)12-30-18(29)10-9-16-25-19(27-31-16)13-5-2-1-3-6-13/h1-8,11H,9-10,12H2. The van der Waals surface area contributed by atoms with E-state index in [1.54, 1.807) is 0 Å². The van der Waals surface area contributed by atoms with E-state index in [0.717, 1.165) is 17.7 Å². The van der Waals surface area contributed by atoms with Crippen LogP contribution in [0.4, 0.5) is 13.2 Å². The molecule has 0 unspecified atom stereocenters. The van der Waals surface area contributed by atoms with Crippen LogP contribution in [0.25, 0.3) is 22.8 Å². The monoisotopic (exact) mass is 444 g/mol. The topological polar surface area (TPSA) is 104 Å². The summed E-state index contributed by atoms with van der Waals surface area (Å²) in [6.45, 7) is -0.316. The van der Waals surface area contributed by atoms with Crippen LogP contribution in [0, 0.1) is 0 Å². The Morgan fingerprint density at radius 1 is 0.875 bits per heavy atom. The quantitative estimate of drug-likeness (QED) is 0.384. The van der Waals surface area contributed by atoms with E-state index < -0.39 is 17.7 Å².